The van der Waals surface area contributed by atoms with Gasteiger partial charge < -0.3 is 31.3 Å². The van der Waals surface area contributed by atoms with E-state index in [-0.39, 0.29) is 34.4 Å². The molecule has 22 heavy (non-hydrogen) atoms. The van der Waals surface area contributed by atoms with Crippen molar-refractivity contribution in [1.82, 2.24) is 10.6 Å². The average Bonchev–Trinajstić information content (AvgIpc) is 2.44. The largest absolute Gasteiger partial charge is 1.00 e. The van der Waals surface area contributed by atoms with Crippen LogP contribution < -0.4 is 21.1 Å². The molecule has 0 saturated heterocycles. The van der Waals surface area contributed by atoms with E-state index in [1.807, 2.05) is 0 Å². The summed E-state index contributed by atoms with van der Waals surface area (Å²) < 4.78 is 0. The highest BCUT2D eigenvalue weighted by atomic mass is 32.1. The molecule has 0 spiro atoms. The van der Waals surface area contributed by atoms with E-state index in [0.29, 0.717) is 6.42 Å². The molecule has 0 fully saturated rings. The van der Waals surface area contributed by atoms with Gasteiger partial charge in [0.2, 0.25) is 0 Å². The highest BCUT2D eigenvalue weighted by Crippen LogP contribution is 2.10. The molecule has 0 aliphatic heterocycles. The van der Waals surface area contributed by atoms with Crippen LogP contribution in [-0.2, 0) is 16.0 Å². The predicted molar refractivity (Wildman–Crippen MR) is 79.7 cm³/mol. The van der Waals surface area contributed by atoms with Gasteiger partial charge in [0, 0.05) is 6.42 Å². The van der Waals surface area contributed by atoms with E-state index < -0.39 is 12.0 Å². The number of benzene rings is 1. The van der Waals surface area contributed by atoms with Crippen molar-refractivity contribution in [3.8, 4) is 5.75 Å². The highest BCUT2D eigenvalue weighted by Gasteiger charge is 2.17. The number of halogens is 1. The van der Waals surface area contributed by atoms with Gasteiger partial charge in [-0.15, -0.1) is 0 Å². The Morgan fingerprint density at radius 2 is 1.77 bits per heavy atom. The van der Waals surface area contributed by atoms with Gasteiger partial charge in [-0.25, -0.2) is 0 Å². The molecule has 0 bridgehead atoms. The summed E-state index contributed by atoms with van der Waals surface area (Å²) in [5, 5.41) is 22.7. The minimum Gasteiger partial charge on any atom is -1.00 e. The first-order valence-corrected chi connectivity index (χ1v) is 6.66. The number of thiocarbonyl (C=S) groups is 1. The van der Waals surface area contributed by atoms with Crippen LogP contribution in [0.4, 0.5) is 0 Å². The van der Waals surface area contributed by atoms with Crippen molar-refractivity contribution in [2.75, 3.05) is 13.1 Å². The van der Waals surface area contributed by atoms with E-state index >= 15 is 0 Å². The topological polar surface area (TPSA) is 126 Å². The maximum absolute atomic E-state index is 11.8. The van der Waals surface area contributed by atoms with E-state index in [1.165, 1.54) is 0 Å². The Balaban J connectivity index is 0.00000441. The van der Waals surface area contributed by atoms with Crippen LogP contribution in [0.25, 0.3) is 0 Å². The molecule has 1 amide bonds. The van der Waals surface area contributed by atoms with Gasteiger partial charge in [0.15, 0.2) is 6.04 Å². The van der Waals surface area contributed by atoms with Crippen LogP contribution in [0.3, 0.4) is 0 Å². The maximum atomic E-state index is 11.8. The number of carbonyl (C=O) groups excluding carboxylic acids is 1. The third-order valence-corrected chi connectivity index (χ3v) is 2.94. The fourth-order valence-electron chi connectivity index (χ4n) is 1.56. The SMILES string of the molecule is [F-].[NH3+][C@@H](Cc1ccc(O)cc1)C(=O)NCC(=S)NCC(=O)O. The number of hydrogen-bond donors (Lipinski definition) is 5. The van der Waals surface area contributed by atoms with E-state index in [0.717, 1.165) is 5.56 Å². The normalized spacial score (nSPS) is 11.0. The summed E-state index contributed by atoms with van der Waals surface area (Å²) in [7, 11) is 0. The number of phenolic OH excluding ortho intramolecular Hbond substituents is 1. The Morgan fingerprint density at radius 1 is 1.18 bits per heavy atom. The average molecular weight is 331 g/mol. The minimum absolute atomic E-state index is 0. The fourth-order valence-corrected chi connectivity index (χ4v) is 1.70. The molecule has 1 aromatic rings. The second-order valence-electron chi connectivity index (χ2n) is 4.46. The zero-order valence-electron chi connectivity index (χ0n) is 11.7. The van der Waals surface area contributed by atoms with Crippen molar-refractivity contribution in [3.05, 3.63) is 29.8 Å². The van der Waals surface area contributed by atoms with Crippen LogP contribution >= 0.6 is 12.2 Å². The van der Waals surface area contributed by atoms with Crippen LogP contribution in [-0.4, -0.2) is 46.2 Å². The Labute approximate surface area is 131 Å². The van der Waals surface area contributed by atoms with Gasteiger partial charge in [0.05, 0.1) is 11.5 Å². The molecule has 9 heteroatoms. The summed E-state index contributed by atoms with van der Waals surface area (Å²) in [5.74, 6) is -1.13. The third kappa shape index (κ3) is 7.50. The Hall–Kier alpha value is -2.26. The second-order valence-corrected chi connectivity index (χ2v) is 4.95. The van der Waals surface area contributed by atoms with E-state index in [1.54, 1.807) is 24.3 Å². The van der Waals surface area contributed by atoms with Crippen molar-refractivity contribution in [1.29, 1.82) is 0 Å². The standard InChI is InChI=1S/C13H17N3O4S.FH/c14-10(5-8-1-3-9(17)4-2-8)13(20)16-6-11(21)15-7-12(18)19;/h1-4,10,17H,5-7,14H2,(H,15,21)(H,16,20)(H,18,19);1H/t10-;/m0./s1. The lowest BCUT2D eigenvalue weighted by atomic mass is 10.1. The monoisotopic (exact) mass is 331 g/mol. The lowest BCUT2D eigenvalue weighted by Gasteiger charge is -2.11. The second kappa shape index (κ2) is 9.64. The summed E-state index contributed by atoms with van der Waals surface area (Å²) in [6.45, 7) is -0.209. The lowest BCUT2D eigenvalue weighted by molar-refractivity contribution is -0.403. The van der Waals surface area contributed by atoms with Gasteiger partial charge >= 0.3 is 5.97 Å². The summed E-state index contributed by atoms with van der Waals surface area (Å²) in [6, 6.07) is 6.03. The fraction of sp³-hybridized carbons (Fsp3) is 0.308. The molecule has 0 radical (unpaired) electrons. The van der Waals surface area contributed by atoms with Crippen LogP contribution in [0.5, 0.6) is 5.75 Å². The number of carbonyl (C=O) groups is 2. The molecular weight excluding hydrogens is 313 g/mol. The number of amides is 1. The van der Waals surface area contributed by atoms with Gasteiger partial charge in [0.25, 0.3) is 5.91 Å². The first-order chi connectivity index (χ1) is 9.88. The number of rotatable bonds is 7. The molecular formula is C13H18FN3O4S. The molecule has 0 unspecified atom stereocenters. The molecule has 1 aromatic carbocycles. The van der Waals surface area contributed by atoms with Crippen molar-refractivity contribution < 1.29 is 30.2 Å². The van der Waals surface area contributed by atoms with Crippen molar-refractivity contribution in [3.63, 3.8) is 0 Å². The van der Waals surface area contributed by atoms with Crippen LogP contribution in [0, 0.1) is 0 Å². The van der Waals surface area contributed by atoms with Crippen molar-refractivity contribution >= 4 is 29.1 Å². The number of nitrogens with one attached hydrogen (secondary N) is 2. The zero-order chi connectivity index (χ0) is 15.8. The van der Waals surface area contributed by atoms with Crippen molar-refractivity contribution in [2.24, 2.45) is 0 Å². The summed E-state index contributed by atoms with van der Waals surface area (Å²) in [6.07, 6.45) is 0.432. The number of carboxylic acid groups (broad SMARTS) is 1. The van der Waals surface area contributed by atoms with Crippen LogP contribution in [0.1, 0.15) is 5.56 Å². The van der Waals surface area contributed by atoms with E-state index in [2.05, 4.69) is 16.4 Å². The maximum Gasteiger partial charge on any atom is 0.322 e. The van der Waals surface area contributed by atoms with E-state index in [4.69, 9.17) is 17.3 Å². The van der Waals surface area contributed by atoms with Gasteiger partial charge in [-0.3, -0.25) is 9.59 Å². The van der Waals surface area contributed by atoms with Crippen LogP contribution in [0.2, 0.25) is 0 Å². The molecule has 122 valence electrons. The number of aromatic hydroxyl groups is 1. The van der Waals surface area contributed by atoms with Gasteiger partial charge in [0.1, 0.15) is 12.3 Å². The Kier molecular flexibility index (Phi) is 8.65. The molecule has 7 nitrogen and oxygen atoms in total. The molecule has 0 saturated carbocycles. The highest BCUT2D eigenvalue weighted by molar-refractivity contribution is 7.80. The first-order valence-electron chi connectivity index (χ1n) is 6.25. The number of quaternary nitrogens is 1. The predicted octanol–water partition coefficient (Wildman–Crippen LogP) is -4.33. The zero-order valence-corrected chi connectivity index (χ0v) is 12.5. The quantitative estimate of drug-likeness (QED) is 0.322. The summed E-state index contributed by atoms with van der Waals surface area (Å²) >= 11 is 4.88. The Bertz CT molecular complexity index is 525. The minimum atomic E-state index is -1.02. The molecule has 1 rings (SSSR count). The summed E-state index contributed by atoms with van der Waals surface area (Å²) in [4.78, 5) is 22.4. The van der Waals surface area contributed by atoms with Gasteiger partial charge in [-0.2, -0.15) is 0 Å². The molecule has 0 heterocycles. The molecule has 0 aromatic heterocycles. The number of phenols is 1. The number of hydrogen-bond acceptors (Lipinski definition) is 4. The molecule has 1 atom stereocenters. The lowest BCUT2D eigenvalue weighted by Crippen LogP contribution is -3.00. The third-order valence-electron chi connectivity index (χ3n) is 2.65. The Morgan fingerprint density at radius 3 is 2.32 bits per heavy atom. The van der Waals surface area contributed by atoms with E-state index in [9.17, 15) is 14.7 Å². The number of carboxylic acids is 1. The molecule has 0 aliphatic rings. The smallest absolute Gasteiger partial charge is 0.322 e. The van der Waals surface area contributed by atoms with Gasteiger partial charge in [-0.05, 0) is 17.7 Å². The van der Waals surface area contributed by atoms with Gasteiger partial charge in [-0.1, -0.05) is 24.4 Å². The van der Waals surface area contributed by atoms with Crippen molar-refractivity contribution in [2.45, 2.75) is 12.5 Å². The van der Waals surface area contributed by atoms with Crippen LogP contribution in [0.15, 0.2) is 24.3 Å². The number of aliphatic carboxylic acids is 1. The molecule has 0 aliphatic carbocycles. The first kappa shape index (κ1) is 19.7. The molecule has 7 N–H and O–H groups in total. The summed E-state index contributed by atoms with van der Waals surface area (Å²) in [5.41, 5.74) is 4.66.